The van der Waals surface area contributed by atoms with Crippen LogP contribution < -0.4 is 0 Å². The molecule has 0 saturated carbocycles. The van der Waals surface area contributed by atoms with E-state index in [4.69, 9.17) is 0 Å². The summed E-state index contributed by atoms with van der Waals surface area (Å²) in [6.45, 7) is 6.71. The number of likely N-dealkylation sites (tertiary alicyclic amines) is 1. The smallest absolute Gasteiger partial charge is 0.222 e. The first kappa shape index (κ1) is 13.5. The van der Waals surface area contributed by atoms with Crippen LogP contribution in [-0.2, 0) is 4.79 Å². The molecule has 0 aromatic rings. The largest absolute Gasteiger partial charge is 0.346 e. The van der Waals surface area contributed by atoms with Gasteiger partial charge < -0.3 is 9.80 Å². The average Bonchev–Trinajstić information content (AvgIpc) is 2.78. The van der Waals surface area contributed by atoms with Crippen LogP contribution in [0.1, 0.15) is 45.4 Å². The molecule has 1 aliphatic heterocycles. The zero-order valence-electron chi connectivity index (χ0n) is 10.9. The second-order valence-electron chi connectivity index (χ2n) is 4.82. The van der Waals surface area contributed by atoms with E-state index in [0.717, 1.165) is 38.8 Å². The summed E-state index contributed by atoms with van der Waals surface area (Å²) in [7, 11) is 1.93. The fourth-order valence-electron chi connectivity index (χ4n) is 2.18. The van der Waals surface area contributed by atoms with Crippen molar-refractivity contribution in [2.45, 2.75) is 45.4 Å². The van der Waals surface area contributed by atoms with E-state index in [0.29, 0.717) is 5.91 Å². The molecule has 1 heterocycles. The molecule has 0 atom stereocenters. The Hall–Kier alpha value is -0.570. The predicted molar refractivity (Wildman–Crippen MR) is 67.5 cm³/mol. The van der Waals surface area contributed by atoms with Gasteiger partial charge in [-0.15, -0.1) is 0 Å². The molecule has 94 valence electrons. The Labute approximate surface area is 99.8 Å². The Morgan fingerprint density at radius 1 is 1.25 bits per heavy atom. The molecule has 1 amide bonds. The Kier molecular flexibility index (Phi) is 6.46. The van der Waals surface area contributed by atoms with Crippen molar-refractivity contribution >= 4 is 5.91 Å². The summed E-state index contributed by atoms with van der Waals surface area (Å²) in [6.07, 6.45) is 6.67. The Morgan fingerprint density at radius 2 is 1.94 bits per heavy atom. The average molecular weight is 226 g/mol. The quantitative estimate of drug-likeness (QED) is 0.664. The van der Waals surface area contributed by atoms with Crippen LogP contribution in [0.15, 0.2) is 0 Å². The Balaban J connectivity index is 2.04. The fraction of sp³-hybridized carbons (Fsp3) is 0.923. The van der Waals surface area contributed by atoms with Crippen molar-refractivity contribution in [3.05, 3.63) is 0 Å². The van der Waals surface area contributed by atoms with Crippen LogP contribution >= 0.6 is 0 Å². The van der Waals surface area contributed by atoms with E-state index in [-0.39, 0.29) is 0 Å². The fourth-order valence-corrected chi connectivity index (χ4v) is 2.18. The molecule has 1 aliphatic rings. The SMILES string of the molecule is CCCCC(=O)N(C)CCCN1CCCC1. The molecule has 0 spiro atoms. The summed E-state index contributed by atoms with van der Waals surface area (Å²) in [5.74, 6) is 0.309. The van der Waals surface area contributed by atoms with E-state index in [1.807, 2.05) is 11.9 Å². The van der Waals surface area contributed by atoms with E-state index < -0.39 is 0 Å². The standard InChI is InChI=1S/C13H26N2O/c1-3-4-8-13(16)14(2)9-7-12-15-10-5-6-11-15/h3-12H2,1-2H3. The van der Waals surface area contributed by atoms with Crippen molar-refractivity contribution in [3.8, 4) is 0 Å². The molecule has 0 aromatic heterocycles. The summed E-state index contributed by atoms with van der Waals surface area (Å²) in [5.41, 5.74) is 0. The summed E-state index contributed by atoms with van der Waals surface area (Å²) >= 11 is 0. The van der Waals surface area contributed by atoms with E-state index in [1.165, 1.54) is 25.9 Å². The first-order chi connectivity index (χ1) is 7.74. The molecule has 1 fully saturated rings. The van der Waals surface area contributed by atoms with Gasteiger partial charge in [0.2, 0.25) is 5.91 Å². The molecule has 0 bridgehead atoms. The normalized spacial score (nSPS) is 16.6. The van der Waals surface area contributed by atoms with Crippen molar-refractivity contribution in [2.75, 3.05) is 33.2 Å². The molecular weight excluding hydrogens is 200 g/mol. The number of carbonyl (C=O) groups excluding carboxylic acids is 1. The summed E-state index contributed by atoms with van der Waals surface area (Å²) in [4.78, 5) is 16.0. The molecule has 0 aliphatic carbocycles. The highest BCUT2D eigenvalue weighted by atomic mass is 16.2. The van der Waals surface area contributed by atoms with Crippen LogP contribution in [0.4, 0.5) is 0 Å². The van der Waals surface area contributed by atoms with Gasteiger partial charge in [-0.2, -0.15) is 0 Å². The molecule has 3 heteroatoms. The monoisotopic (exact) mass is 226 g/mol. The maximum absolute atomic E-state index is 11.6. The number of hydrogen-bond donors (Lipinski definition) is 0. The molecule has 0 aromatic carbocycles. The molecule has 0 N–H and O–H groups in total. The minimum absolute atomic E-state index is 0.309. The van der Waals surface area contributed by atoms with Crippen LogP contribution in [0, 0.1) is 0 Å². The number of rotatable bonds is 7. The minimum atomic E-state index is 0.309. The number of hydrogen-bond acceptors (Lipinski definition) is 2. The van der Waals surface area contributed by atoms with Crippen LogP contribution in [0.25, 0.3) is 0 Å². The molecule has 16 heavy (non-hydrogen) atoms. The lowest BCUT2D eigenvalue weighted by Crippen LogP contribution is -2.30. The molecule has 1 saturated heterocycles. The van der Waals surface area contributed by atoms with E-state index in [1.54, 1.807) is 0 Å². The van der Waals surface area contributed by atoms with Gasteiger partial charge in [-0.1, -0.05) is 13.3 Å². The van der Waals surface area contributed by atoms with Gasteiger partial charge in [0.15, 0.2) is 0 Å². The highest BCUT2D eigenvalue weighted by molar-refractivity contribution is 5.75. The maximum Gasteiger partial charge on any atom is 0.222 e. The van der Waals surface area contributed by atoms with Crippen molar-refractivity contribution in [1.82, 2.24) is 9.80 Å². The summed E-state index contributed by atoms with van der Waals surface area (Å²) in [6, 6.07) is 0. The number of unbranched alkanes of at least 4 members (excludes halogenated alkanes) is 1. The van der Waals surface area contributed by atoms with Gasteiger partial charge in [0.05, 0.1) is 0 Å². The van der Waals surface area contributed by atoms with Gasteiger partial charge in [0.25, 0.3) is 0 Å². The minimum Gasteiger partial charge on any atom is -0.346 e. The highest BCUT2D eigenvalue weighted by Crippen LogP contribution is 2.07. The van der Waals surface area contributed by atoms with E-state index in [9.17, 15) is 4.79 Å². The number of carbonyl (C=O) groups is 1. The summed E-state index contributed by atoms with van der Waals surface area (Å²) < 4.78 is 0. The van der Waals surface area contributed by atoms with Gasteiger partial charge in [0, 0.05) is 20.0 Å². The van der Waals surface area contributed by atoms with Crippen molar-refractivity contribution < 1.29 is 4.79 Å². The third-order valence-electron chi connectivity index (χ3n) is 3.34. The second kappa shape index (κ2) is 7.66. The zero-order chi connectivity index (χ0) is 11.8. The Bertz CT molecular complexity index is 200. The van der Waals surface area contributed by atoms with Crippen molar-refractivity contribution in [2.24, 2.45) is 0 Å². The highest BCUT2D eigenvalue weighted by Gasteiger charge is 2.12. The molecule has 0 unspecified atom stereocenters. The number of nitrogens with zero attached hydrogens (tertiary/aromatic N) is 2. The van der Waals surface area contributed by atoms with Gasteiger partial charge in [-0.05, 0) is 45.3 Å². The topological polar surface area (TPSA) is 23.6 Å². The van der Waals surface area contributed by atoms with Gasteiger partial charge in [0.1, 0.15) is 0 Å². The molecule has 3 nitrogen and oxygen atoms in total. The Morgan fingerprint density at radius 3 is 2.56 bits per heavy atom. The van der Waals surface area contributed by atoms with Crippen LogP contribution in [-0.4, -0.2) is 48.9 Å². The van der Waals surface area contributed by atoms with E-state index >= 15 is 0 Å². The second-order valence-corrected chi connectivity index (χ2v) is 4.82. The van der Waals surface area contributed by atoms with Gasteiger partial charge in [-0.25, -0.2) is 0 Å². The van der Waals surface area contributed by atoms with Crippen LogP contribution in [0.5, 0.6) is 0 Å². The number of amides is 1. The molecule has 1 rings (SSSR count). The van der Waals surface area contributed by atoms with Crippen LogP contribution in [0.3, 0.4) is 0 Å². The molecule has 0 radical (unpaired) electrons. The zero-order valence-corrected chi connectivity index (χ0v) is 10.9. The third kappa shape index (κ3) is 4.97. The third-order valence-corrected chi connectivity index (χ3v) is 3.34. The predicted octanol–water partition coefficient (Wildman–Crippen LogP) is 2.12. The lowest BCUT2D eigenvalue weighted by Gasteiger charge is -2.19. The lowest BCUT2D eigenvalue weighted by molar-refractivity contribution is -0.130. The van der Waals surface area contributed by atoms with E-state index in [2.05, 4.69) is 11.8 Å². The lowest BCUT2D eigenvalue weighted by atomic mass is 10.2. The first-order valence-electron chi connectivity index (χ1n) is 6.70. The van der Waals surface area contributed by atoms with Crippen molar-refractivity contribution in [3.63, 3.8) is 0 Å². The molecular formula is C13H26N2O. The first-order valence-corrected chi connectivity index (χ1v) is 6.70. The van der Waals surface area contributed by atoms with Crippen molar-refractivity contribution in [1.29, 1.82) is 0 Å². The van der Waals surface area contributed by atoms with Gasteiger partial charge in [-0.3, -0.25) is 4.79 Å². The summed E-state index contributed by atoms with van der Waals surface area (Å²) in [5, 5.41) is 0. The van der Waals surface area contributed by atoms with Crippen LogP contribution in [0.2, 0.25) is 0 Å². The van der Waals surface area contributed by atoms with Gasteiger partial charge >= 0.3 is 0 Å². The maximum atomic E-state index is 11.6.